The van der Waals surface area contributed by atoms with Gasteiger partial charge in [0.2, 0.25) is 0 Å². The first-order valence-corrected chi connectivity index (χ1v) is 10.9. The number of hydrogen-bond acceptors (Lipinski definition) is 4. The number of unbranched alkanes of at least 4 members (excludes halogenated alkanes) is 1. The number of halogens is 3. The molecule has 2 aromatic rings. The van der Waals surface area contributed by atoms with E-state index in [2.05, 4.69) is 25.3 Å². The van der Waals surface area contributed by atoms with Crippen LogP contribution in [0, 0.1) is 0 Å². The van der Waals surface area contributed by atoms with Gasteiger partial charge in [-0.25, -0.2) is 0 Å². The van der Waals surface area contributed by atoms with E-state index in [0.717, 1.165) is 76.2 Å². The van der Waals surface area contributed by atoms with Crippen molar-refractivity contribution in [3.8, 4) is 5.75 Å². The maximum Gasteiger partial charge on any atom is 0.573 e. The van der Waals surface area contributed by atoms with Gasteiger partial charge in [0.1, 0.15) is 5.75 Å². The van der Waals surface area contributed by atoms with E-state index < -0.39 is 6.36 Å². The van der Waals surface area contributed by atoms with E-state index in [1.165, 1.54) is 17.8 Å². The number of alkyl halides is 3. The van der Waals surface area contributed by atoms with E-state index in [-0.39, 0.29) is 11.5 Å². The molecular formula is C23H28F3N3O2. The van der Waals surface area contributed by atoms with Crippen molar-refractivity contribution in [1.29, 1.82) is 0 Å². The van der Waals surface area contributed by atoms with Crippen molar-refractivity contribution in [2.45, 2.75) is 45.0 Å². The fourth-order valence-corrected chi connectivity index (χ4v) is 4.50. The summed E-state index contributed by atoms with van der Waals surface area (Å²) in [6.45, 7) is 5.57. The number of ketones is 1. The monoisotopic (exact) mass is 435 g/mol. The normalized spacial score (nSPS) is 17.6. The second-order valence-electron chi connectivity index (χ2n) is 8.22. The van der Waals surface area contributed by atoms with E-state index in [4.69, 9.17) is 0 Å². The third-order valence-electron chi connectivity index (χ3n) is 6.13. The molecule has 0 unspecified atom stereocenters. The summed E-state index contributed by atoms with van der Waals surface area (Å²) >= 11 is 0. The van der Waals surface area contributed by atoms with Crippen molar-refractivity contribution in [2.24, 2.45) is 0 Å². The summed E-state index contributed by atoms with van der Waals surface area (Å²) in [6, 6.07) is 8.06. The minimum atomic E-state index is -4.66. The van der Waals surface area contributed by atoms with Crippen LogP contribution in [0.25, 0.3) is 0 Å². The summed E-state index contributed by atoms with van der Waals surface area (Å²) in [4.78, 5) is 16.6. The Morgan fingerprint density at radius 3 is 2.32 bits per heavy atom. The fourth-order valence-electron chi connectivity index (χ4n) is 4.50. The number of piperazine rings is 1. The molecule has 1 aliphatic carbocycles. The second-order valence-corrected chi connectivity index (χ2v) is 8.22. The number of rotatable bonds is 7. The van der Waals surface area contributed by atoms with Crippen LogP contribution < -0.4 is 9.64 Å². The lowest BCUT2D eigenvalue weighted by Crippen LogP contribution is -2.46. The molecular weight excluding hydrogens is 407 g/mol. The third kappa shape index (κ3) is 5.61. The number of ether oxygens (including phenoxy) is 1. The van der Waals surface area contributed by atoms with Gasteiger partial charge in [0, 0.05) is 62.3 Å². The molecule has 0 N–H and O–H groups in total. The van der Waals surface area contributed by atoms with Crippen LogP contribution in [0.15, 0.2) is 36.5 Å². The summed E-state index contributed by atoms with van der Waals surface area (Å²) in [5.74, 6) is 0.0867. The molecule has 4 rings (SSSR count). The van der Waals surface area contributed by atoms with E-state index in [1.807, 2.05) is 6.07 Å². The molecule has 0 spiro atoms. The smallest absolute Gasteiger partial charge is 0.406 e. The van der Waals surface area contributed by atoms with E-state index >= 15 is 0 Å². The van der Waals surface area contributed by atoms with Crippen LogP contribution >= 0.6 is 0 Å². The van der Waals surface area contributed by atoms with Crippen molar-refractivity contribution in [1.82, 2.24) is 9.47 Å². The molecule has 31 heavy (non-hydrogen) atoms. The number of nitrogens with zero attached hydrogens (tertiary/aromatic N) is 3. The maximum atomic E-state index is 12.3. The zero-order chi connectivity index (χ0) is 21.8. The van der Waals surface area contributed by atoms with Crippen LogP contribution in [0.1, 0.15) is 41.7 Å². The summed E-state index contributed by atoms with van der Waals surface area (Å²) in [6.07, 6.45) is 2.20. The van der Waals surface area contributed by atoms with Gasteiger partial charge in [-0.15, -0.1) is 13.2 Å². The highest BCUT2D eigenvalue weighted by Gasteiger charge is 2.31. The first kappa shape index (κ1) is 21.7. The molecule has 1 fully saturated rings. The zero-order valence-corrected chi connectivity index (χ0v) is 17.5. The van der Waals surface area contributed by atoms with Crippen LogP contribution in [-0.2, 0) is 13.0 Å². The molecule has 1 aliphatic heterocycles. The number of fused-ring (bicyclic) bond motifs is 1. The Kier molecular flexibility index (Phi) is 6.55. The van der Waals surface area contributed by atoms with Gasteiger partial charge in [0.15, 0.2) is 5.78 Å². The van der Waals surface area contributed by atoms with Crippen molar-refractivity contribution >= 4 is 11.5 Å². The molecule has 2 aliphatic rings. The lowest BCUT2D eigenvalue weighted by molar-refractivity contribution is -0.274. The van der Waals surface area contributed by atoms with Crippen LogP contribution in [0.5, 0.6) is 5.75 Å². The predicted octanol–water partition coefficient (Wildman–Crippen LogP) is 4.51. The van der Waals surface area contributed by atoms with Crippen molar-refractivity contribution < 1.29 is 22.7 Å². The van der Waals surface area contributed by atoms with Gasteiger partial charge in [-0.3, -0.25) is 9.69 Å². The first-order valence-electron chi connectivity index (χ1n) is 10.9. The molecule has 0 atom stereocenters. The number of anilines is 1. The number of Topliss-reactive ketones (excluding diaryl/α,β-unsaturated/α-hetero) is 1. The minimum absolute atomic E-state index is 0.191. The topological polar surface area (TPSA) is 37.7 Å². The molecule has 1 saturated heterocycles. The van der Waals surface area contributed by atoms with Gasteiger partial charge < -0.3 is 14.2 Å². The molecule has 1 aromatic heterocycles. The summed E-state index contributed by atoms with van der Waals surface area (Å²) in [5.41, 5.74) is 3.04. The van der Waals surface area contributed by atoms with Gasteiger partial charge in [-0.2, -0.15) is 0 Å². The Balaban J connectivity index is 1.18. The maximum absolute atomic E-state index is 12.3. The molecule has 8 heteroatoms. The van der Waals surface area contributed by atoms with Crippen LogP contribution in [-0.4, -0.2) is 54.3 Å². The molecule has 168 valence electrons. The average molecular weight is 435 g/mol. The number of carbonyl (C=O) groups excluding carboxylic acids is 1. The fraction of sp³-hybridized carbons (Fsp3) is 0.522. The van der Waals surface area contributed by atoms with E-state index in [1.54, 1.807) is 12.1 Å². The van der Waals surface area contributed by atoms with Crippen LogP contribution in [0.3, 0.4) is 0 Å². The Bertz CT molecular complexity index is 884. The highest BCUT2D eigenvalue weighted by Crippen LogP contribution is 2.26. The number of aromatic nitrogens is 1. The molecule has 0 saturated carbocycles. The van der Waals surface area contributed by atoms with Crippen LogP contribution in [0.2, 0.25) is 0 Å². The minimum Gasteiger partial charge on any atom is -0.406 e. The number of carbonyl (C=O) groups is 1. The van der Waals surface area contributed by atoms with Crippen molar-refractivity contribution in [3.63, 3.8) is 0 Å². The summed E-state index contributed by atoms with van der Waals surface area (Å²) in [7, 11) is 0. The quantitative estimate of drug-likeness (QED) is 0.600. The Labute approximate surface area is 180 Å². The summed E-state index contributed by atoms with van der Waals surface area (Å²) in [5, 5.41) is 0. The largest absolute Gasteiger partial charge is 0.573 e. The molecule has 1 aromatic carbocycles. The SMILES string of the molecule is O=C1CCCc2c1ccn2CCCCN1CCN(c2ccc(OC(F)(F)F)cc2)CC1. The molecule has 0 bridgehead atoms. The van der Waals surface area contributed by atoms with Gasteiger partial charge in [-0.1, -0.05) is 0 Å². The Morgan fingerprint density at radius 2 is 1.61 bits per heavy atom. The van der Waals surface area contributed by atoms with Crippen LogP contribution in [0.4, 0.5) is 18.9 Å². The van der Waals surface area contributed by atoms with Gasteiger partial charge in [0.05, 0.1) is 0 Å². The lowest BCUT2D eigenvalue weighted by Gasteiger charge is -2.36. The molecule has 5 nitrogen and oxygen atoms in total. The highest BCUT2D eigenvalue weighted by atomic mass is 19.4. The number of benzene rings is 1. The predicted molar refractivity (Wildman–Crippen MR) is 113 cm³/mol. The Hall–Kier alpha value is -2.48. The lowest BCUT2D eigenvalue weighted by atomic mass is 9.97. The average Bonchev–Trinajstić information content (AvgIpc) is 3.16. The van der Waals surface area contributed by atoms with Crippen molar-refractivity contribution in [2.75, 3.05) is 37.6 Å². The molecule has 0 radical (unpaired) electrons. The molecule has 0 amide bonds. The van der Waals surface area contributed by atoms with Crippen molar-refractivity contribution in [3.05, 3.63) is 47.8 Å². The summed E-state index contributed by atoms with van der Waals surface area (Å²) < 4.78 is 43.0. The molecule has 2 heterocycles. The third-order valence-corrected chi connectivity index (χ3v) is 6.13. The Morgan fingerprint density at radius 1 is 0.903 bits per heavy atom. The highest BCUT2D eigenvalue weighted by molar-refractivity contribution is 5.98. The number of hydrogen-bond donors (Lipinski definition) is 0. The first-order chi connectivity index (χ1) is 14.9. The number of aryl methyl sites for hydroxylation is 1. The van der Waals surface area contributed by atoms with E-state index in [0.29, 0.717) is 6.42 Å². The zero-order valence-electron chi connectivity index (χ0n) is 17.5. The van der Waals surface area contributed by atoms with Gasteiger partial charge in [0.25, 0.3) is 0 Å². The van der Waals surface area contributed by atoms with E-state index in [9.17, 15) is 18.0 Å². The van der Waals surface area contributed by atoms with Gasteiger partial charge >= 0.3 is 6.36 Å². The standard InChI is InChI=1S/C23H28F3N3O2/c24-23(25,26)31-19-8-6-18(7-9-19)28-16-14-27(15-17-28)11-1-2-12-29-13-10-20-21(29)4-3-5-22(20)30/h6-10,13H,1-5,11-12,14-17H2. The van der Waals surface area contributed by atoms with Gasteiger partial charge in [-0.05, 0) is 62.6 Å². The second kappa shape index (κ2) is 9.34.